The van der Waals surface area contributed by atoms with E-state index in [2.05, 4.69) is 5.32 Å². The number of hydrogen-bond acceptors (Lipinski definition) is 4. The summed E-state index contributed by atoms with van der Waals surface area (Å²) in [6, 6.07) is 22.3. The van der Waals surface area contributed by atoms with Crippen molar-refractivity contribution in [3.8, 4) is 5.75 Å². The van der Waals surface area contributed by atoms with Gasteiger partial charge in [-0.05, 0) is 41.5 Å². The molecule has 158 valence electrons. The lowest BCUT2D eigenvalue weighted by atomic mass is 10.1. The van der Waals surface area contributed by atoms with Crippen LogP contribution in [0.15, 0.2) is 72.8 Å². The van der Waals surface area contributed by atoms with Crippen LogP contribution >= 0.6 is 23.4 Å². The number of amides is 2. The summed E-state index contributed by atoms with van der Waals surface area (Å²) in [5, 5.41) is 3.27. The minimum Gasteiger partial charge on any atom is -0.495 e. The molecule has 1 saturated heterocycles. The lowest BCUT2D eigenvalue weighted by Crippen LogP contribution is -2.27. The lowest BCUT2D eigenvalue weighted by Gasteiger charge is -2.24. The molecule has 1 atom stereocenters. The smallest absolute Gasteiger partial charge is 0.255 e. The van der Waals surface area contributed by atoms with Gasteiger partial charge in [0, 0.05) is 17.1 Å². The summed E-state index contributed by atoms with van der Waals surface area (Å²) >= 11 is 7.64. The van der Waals surface area contributed by atoms with E-state index in [1.807, 2.05) is 47.4 Å². The predicted molar refractivity (Wildman–Crippen MR) is 125 cm³/mol. The van der Waals surface area contributed by atoms with Crippen molar-refractivity contribution in [1.29, 1.82) is 0 Å². The van der Waals surface area contributed by atoms with Crippen LogP contribution in [0, 0.1) is 0 Å². The van der Waals surface area contributed by atoms with E-state index in [4.69, 9.17) is 16.3 Å². The molecule has 0 spiro atoms. The Labute approximate surface area is 190 Å². The van der Waals surface area contributed by atoms with Crippen molar-refractivity contribution in [3.05, 3.63) is 94.5 Å². The molecule has 0 aliphatic carbocycles. The number of nitrogens with zero attached hydrogens (tertiary/aromatic N) is 1. The van der Waals surface area contributed by atoms with Gasteiger partial charge in [-0.2, -0.15) is 0 Å². The van der Waals surface area contributed by atoms with Gasteiger partial charge < -0.3 is 15.0 Å². The first kappa shape index (κ1) is 21.3. The van der Waals surface area contributed by atoms with Crippen LogP contribution in [0.2, 0.25) is 5.02 Å². The maximum absolute atomic E-state index is 12.7. The molecule has 2 amide bonds. The molecule has 0 saturated carbocycles. The molecule has 1 N–H and O–H groups in total. The van der Waals surface area contributed by atoms with E-state index >= 15 is 0 Å². The normalized spacial score (nSPS) is 15.7. The SMILES string of the molecule is COc1ccc(Cl)cc1NC(=O)c1ccc([C@@H]2SCC(=O)N2Cc2ccccc2)cc1. The predicted octanol–water partition coefficient (Wildman–Crippen LogP) is 5.38. The summed E-state index contributed by atoms with van der Waals surface area (Å²) in [6.07, 6.45) is 0. The van der Waals surface area contributed by atoms with Gasteiger partial charge in [0.2, 0.25) is 5.91 Å². The first-order valence-electron chi connectivity index (χ1n) is 9.75. The molecular formula is C24H21ClN2O3S. The fraction of sp³-hybridized carbons (Fsp3) is 0.167. The van der Waals surface area contributed by atoms with E-state index in [1.54, 1.807) is 42.1 Å². The molecule has 3 aromatic carbocycles. The Hall–Kier alpha value is -2.96. The highest BCUT2D eigenvalue weighted by Gasteiger charge is 2.32. The summed E-state index contributed by atoms with van der Waals surface area (Å²) < 4.78 is 5.28. The molecule has 31 heavy (non-hydrogen) atoms. The van der Waals surface area contributed by atoms with E-state index in [1.165, 1.54) is 7.11 Å². The molecule has 1 fully saturated rings. The first-order chi connectivity index (χ1) is 15.0. The van der Waals surface area contributed by atoms with E-state index in [0.29, 0.717) is 34.3 Å². The van der Waals surface area contributed by atoms with Crippen molar-refractivity contribution >= 4 is 40.9 Å². The Kier molecular flexibility index (Phi) is 6.49. The average molecular weight is 453 g/mol. The molecule has 3 aromatic rings. The van der Waals surface area contributed by atoms with E-state index in [9.17, 15) is 9.59 Å². The summed E-state index contributed by atoms with van der Waals surface area (Å²) in [6.45, 7) is 0.564. The van der Waals surface area contributed by atoms with Crippen molar-refractivity contribution in [3.63, 3.8) is 0 Å². The number of carbonyl (C=O) groups excluding carboxylic acids is 2. The second-order valence-electron chi connectivity index (χ2n) is 7.09. The Balaban J connectivity index is 1.49. The van der Waals surface area contributed by atoms with Crippen molar-refractivity contribution in [2.75, 3.05) is 18.2 Å². The standard InChI is InChI=1S/C24H21ClN2O3S/c1-30-21-12-11-19(25)13-20(21)26-23(29)17-7-9-18(10-8-17)24-27(22(28)15-31-24)14-16-5-3-2-4-6-16/h2-13,24H,14-15H2,1H3,(H,26,29)/t24-/m0/s1. The van der Waals surface area contributed by atoms with E-state index in [-0.39, 0.29) is 17.2 Å². The van der Waals surface area contributed by atoms with Gasteiger partial charge in [0.15, 0.2) is 0 Å². The zero-order valence-corrected chi connectivity index (χ0v) is 18.5. The van der Waals surface area contributed by atoms with E-state index in [0.717, 1.165) is 11.1 Å². The van der Waals surface area contributed by atoms with Crippen LogP contribution < -0.4 is 10.1 Å². The van der Waals surface area contributed by atoms with Crippen LogP contribution in [0.25, 0.3) is 0 Å². The first-order valence-corrected chi connectivity index (χ1v) is 11.2. The third-order valence-electron chi connectivity index (χ3n) is 5.03. The molecule has 0 unspecified atom stereocenters. The third kappa shape index (κ3) is 4.86. The summed E-state index contributed by atoms with van der Waals surface area (Å²) in [5.74, 6) is 0.845. The van der Waals surface area contributed by atoms with Gasteiger partial charge in [0.25, 0.3) is 5.91 Å². The summed E-state index contributed by atoms with van der Waals surface area (Å²) in [7, 11) is 1.54. The number of anilines is 1. The third-order valence-corrected chi connectivity index (χ3v) is 6.52. The van der Waals surface area contributed by atoms with Gasteiger partial charge >= 0.3 is 0 Å². The Morgan fingerprint density at radius 1 is 1.13 bits per heavy atom. The fourth-order valence-corrected chi connectivity index (χ4v) is 4.81. The molecule has 7 heteroatoms. The monoisotopic (exact) mass is 452 g/mol. The average Bonchev–Trinajstić information content (AvgIpc) is 3.15. The van der Waals surface area contributed by atoms with Gasteiger partial charge in [-0.1, -0.05) is 54.1 Å². The number of halogens is 1. The quantitative estimate of drug-likeness (QED) is 0.545. The molecule has 1 aliphatic heterocycles. The number of ether oxygens (including phenoxy) is 1. The number of rotatable bonds is 6. The van der Waals surface area contributed by atoms with Crippen molar-refractivity contribution in [1.82, 2.24) is 4.90 Å². The Morgan fingerprint density at radius 3 is 2.58 bits per heavy atom. The number of hydrogen-bond donors (Lipinski definition) is 1. The fourth-order valence-electron chi connectivity index (χ4n) is 3.45. The molecular weight excluding hydrogens is 432 g/mol. The molecule has 4 rings (SSSR count). The molecule has 1 heterocycles. The van der Waals surface area contributed by atoms with Crippen LogP contribution in [-0.2, 0) is 11.3 Å². The maximum atomic E-state index is 12.7. The lowest BCUT2D eigenvalue weighted by molar-refractivity contribution is -0.128. The minimum absolute atomic E-state index is 0.0714. The number of methoxy groups -OCH3 is 1. The molecule has 0 radical (unpaired) electrons. The largest absolute Gasteiger partial charge is 0.495 e. The van der Waals surface area contributed by atoms with Crippen molar-refractivity contribution < 1.29 is 14.3 Å². The molecule has 5 nitrogen and oxygen atoms in total. The minimum atomic E-state index is -0.261. The van der Waals surface area contributed by atoms with Crippen molar-refractivity contribution in [2.45, 2.75) is 11.9 Å². The summed E-state index contributed by atoms with van der Waals surface area (Å²) in [4.78, 5) is 27.0. The second-order valence-corrected chi connectivity index (χ2v) is 8.60. The Bertz CT molecular complexity index is 1090. The van der Waals surface area contributed by atoms with Crippen molar-refractivity contribution in [2.24, 2.45) is 0 Å². The number of nitrogens with one attached hydrogen (secondary N) is 1. The molecule has 0 aromatic heterocycles. The topological polar surface area (TPSA) is 58.6 Å². The second kappa shape index (κ2) is 9.45. The van der Waals surface area contributed by atoms with E-state index < -0.39 is 0 Å². The zero-order valence-electron chi connectivity index (χ0n) is 16.9. The number of carbonyl (C=O) groups is 2. The highest BCUT2D eigenvalue weighted by molar-refractivity contribution is 8.00. The number of benzene rings is 3. The number of thioether (sulfide) groups is 1. The van der Waals surface area contributed by atoms with Gasteiger partial charge in [0.1, 0.15) is 11.1 Å². The maximum Gasteiger partial charge on any atom is 0.255 e. The molecule has 0 bridgehead atoms. The highest BCUT2D eigenvalue weighted by atomic mass is 35.5. The Morgan fingerprint density at radius 2 is 1.87 bits per heavy atom. The van der Waals surface area contributed by atoms with Crippen LogP contribution in [0.3, 0.4) is 0 Å². The van der Waals surface area contributed by atoms with Crippen LogP contribution in [0.5, 0.6) is 5.75 Å². The highest BCUT2D eigenvalue weighted by Crippen LogP contribution is 2.39. The van der Waals surface area contributed by atoms with Crippen LogP contribution in [0.4, 0.5) is 5.69 Å². The summed E-state index contributed by atoms with van der Waals surface area (Å²) in [5.41, 5.74) is 3.10. The zero-order chi connectivity index (χ0) is 21.8. The van der Waals surface area contributed by atoms with Crippen LogP contribution in [-0.4, -0.2) is 29.6 Å². The van der Waals surface area contributed by atoms with Crippen LogP contribution in [0.1, 0.15) is 26.9 Å². The van der Waals surface area contributed by atoms with Gasteiger partial charge in [-0.25, -0.2) is 0 Å². The van der Waals surface area contributed by atoms with Gasteiger partial charge in [0.05, 0.1) is 18.6 Å². The van der Waals surface area contributed by atoms with Gasteiger partial charge in [-0.3, -0.25) is 9.59 Å². The van der Waals surface area contributed by atoms with Gasteiger partial charge in [-0.15, -0.1) is 11.8 Å². The molecule has 1 aliphatic rings.